The van der Waals surface area contributed by atoms with E-state index < -0.39 is 11.9 Å². The Labute approximate surface area is 122 Å². The molecule has 1 aliphatic carbocycles. The molecule has 0 bridgehead atoms. The third kappa shape index (κ3) is 2.43. The first kappa shape index (κ1) is 13.5. The van der Waals surface area contributed by atoms with Crippen LogP contribution in [0.1, 0.15) is 41.7 Å². The van der Waals surface area contributed by atoms with Gasteiger partial charge in [0.1, 0.15) is 5.82 Å². The first-order valence-electron chi connectivity index (χ1n) is 6.73. The molecule has 2 atom stereocenters. The number of rotatable bonds is 2. The van der Waals surface area contributed by atoms with Crippen LogP contribution < -0.4 is 0 Å². The predicted molar refractivity (Wildman–Crippen MR) is 76.3 cm³/mol. The molecule has 0 fully saturated rings. The fourth-order valence-electron chi connectivity index (χ4n) is 2.91. The van der Waals surface area contributed by atoms with Gasteiger partial charge in [-0.3, -0.25) is 4.98 Å². The molecule has 2 aromatic rings. The van der Waals surface area contributed by atoms with Crippen LogP contribution in [0.15, 0.2) is 36.5 Å². The largest absolute Gasteiger partial charge is 0.388 e. The van der Waals surface area contributed by atoms with Gasteiger partial charge in [-0.25, -0.2) is 4.39 Å². The van der Waals surface area contributed by atoms with Crippen LogP contribution in [-0.2, 0) is 6.42 Å². The molecule has 1 N–H and O–H groups in total. The quantitative estimate of drug-likeness (QED) is 0.906. The predicted octanol–water partition coefficient (Wildman–Crippen LogP) is 4.03. The van der Waals surface area contributed by atoms with Gasteiger partial charge in [-0.05, 0) is 43.0 Å². The lowest BCUT2D eigenvalue weighted by Gasteiger charge is -2.28. The summed E-state index contributed by atoms with van der Waals surface area (Å²) in [5.74, 6) is -0.622. The Balaban J connectivity index is 1.97. The van der Waals surface area contributed by atoms with E-state index in [0.29, 0.717) is 5.02 Å². The first-order valence-corrected chi connectivity index (χ1v) is 7.11. The summed E-state index contributed by atoms with van der Waals surface area (Å²) in [5, 5.41) is 10.9. The van der Waals surface area contributed by atoms with Crippen LogP contribution in [0.2, 0.25) is 5.02 Å². The molecule has 2 nitrogen and oxygen atoms in total. The number of pyridine rings is 1. The molecular weight excluding hydrogens is 277 g/mol. The normalized spacial score (nSPS) is 19.4. The average Bonchev–Trinajstić information content (AvgIpc) is 2.46. The maximum absolute atomic E-state index is 14.0. The molecule has 1 heterocycles. The van der Waals surface area contributed by atoms with Crippen molar-refractivity contribution in [1.82, 2.24) is 4.98 Å². The highest BCUT2D eigenvalue weighted by Gasteiger charge is 2.30. The molecule has 4 heteroatoms. The van der Waals surface area contributed by atoms with Crippen molar-refractivity contribution in [2.75, 3.05) is 0 Å². The van der Waals surface area contributed by atoms with Crippen molar-refractivity contribution in [3.05, 3.63) is 64.2 Å². The number of fused-ring (bicyclic) bond motifs is 1. The van der Waals surface area contributed by atoms with Crippen molar-refractivity contribution in [2.45, 2.75) is 31.3 Å². The Hall–Kier alpha value is -1.45. The van der Waals surface area contributed by atoms with Gasteiger partial charge in [-0.1, -0.05) is 23.7 Å². The van der Waals surface area contributed by atoms with E-state index in [0.717, 1.165) is 30.5 Å². The van der Waals surface area contributed by atoms with E-state index in [-0.39, 0.29) is 11.5 Å². The van der Waals surface area contributed by atoms with E-state index >= 15 is 0 Å². The monoisotopic (exact) mass is 291 g/mol. The third-order valence-electron chi connectivity index (χ3n) is 3.90. The molecule has 0 spiro atoms. The lowest BCUT2D eigenvalue weighted by atomic mass is 9.81. The minimum absolute atomic E-state index is 0.157. The Morgan fingerprint density at radius 2 is 2.20 bits per heavy atom. The van der Waals surface area contributed by atoms with Crippen molar-refractivity contribution in [3.8, 4) is 0 Å². The zero-order valence-corrected chi connectivity index (χ0v) is 11.6. The van der Waals surface area contributed by atoms with E-state index in [2.05, 4.69) is 4.98 Å². The highest BCUT2D eigenvalue weighted by molar-refractivity contribution is 6.30. The van der Waals surface area contributed by atoms with Crippen molar-refractivity contribution in [3.63, 3.8) is 0 Å². The van der Waals surface area contributed by atoms with Crippen LogP contribution in [0.5, 0.6) is 0 Å². The van der Waals surface area contributed by atoms with E-state index in [9.17, 15) is 9.50 Å². The highest BCUT2D eigenvalue weighted by atomic mass is 35.5. The van der Waals surface area contributed by atoms with Crippen LogP contribution in [0.25, 0.3) is 0 Å². The molecule has 1 aromatic carbocycles. The molecule has 2 unspecified atom stereocenters. The molecule has 0 amide bonds. The number of benzene rings is 1. The lowest BCUT2D eigenvalue weighted by molar-refractivity contribution is 0.130. The van der Waals surface area contributed by atoms with Crippen LogP contribution in [0.4, 0.5) is 4.39 Å². The van der Waals surface area contributed by atoms with E-state index in [1.165, 1.54) is 6.07 Å². The number of aryl methyl sites for hydroxylation is 1. The molecule has 1 aliphatic rings. The van der Waals surface area contributed by atoms with Gasteiger partial charge in [0.15, 0.2) is 0 Å². The molecule has 3 rings (SSSR count). The first-order chi connectivity index (χ1) is 9.66. The molecule has 20 heavy (non-hydrogen) atoms. The van der Waals surface area contributed by atoms with Gasteiger partial charge in [0.05, 0.1) is 6.10 Å². The minimum atomic E-state index is -0.888. The number of halogens is 2. The summed E-state index contributed by atoms with van der Waals surface area (Å²) >= 11 is 5.75. The van der Waals surface area contributed by atoms with E-state index in [1.807, 2.05) is 12.1 Å². The molecule has 0 aliphatic heterocycles. The molecule has 104 valence electrons. The Morgan fingerprint density at radius 1 is 1.35 bits per heavy atom. The number of nitrogens with zero attached hydrogens (tertiary/aromatic N) is 1. The van der Waals surface area contributed by atoms with Crippen LogP contribution >= 0.6 is 11.6 Å². The van der Waals surface area contributed by atoms with Gasteiger partial charge in [0, 0.05) is 28.4 Å². The fourth-order valence-corrected chi connectivity index (χ4v) is 3.07. The van der Waals surface area contributed by atoms with Gasteiger partial charge in [-0.15, -0.1) is 0 Å². The number of aromatic nitrogens is 1. The molecule has 0 radical (unpaired) electrons. The van der Waals surface area contributed by atoms with Gasteiger partial charge >= 0.3 is 0 Å². The van der Waals surface area contributed by atoms with Crippen molar-refractivity contribution in [2.24, 2.45) is 0 Å². The minimum Gasteiger partial charge on any atom is -0.388 e. The summed E-state index contributed by atoms with van der Waals surface area (Å²) in [6.45, 7) is 0. The number of aliphatic hydroxyl groups excluding tert-OH is 1. The zero-order valence-electron chi connectivity index (χ0n) is 10.9. The average molecular weight is 292 g/mol. The van der Waals surface area contributed by atoms with E-state index in [1.54, 1.807) is 18.3 Å². The van der Waals surface area contributed by atoms with Crippen LogP contribution in [-0.4, -0.2) is 10.1 Å². The molecule has 1 aromatic heterocycles. The van der Waals surface area contributed by atoms with Gasteiger partial charge in [0.2, 0.25) is 0 Å². The van der Waals surface area contributed by atoms with Gasteiger partial charge < -0.3 is 5.11 Å². The Morgan fingerprint density at radius 3 is 3.00 bits per heavy atom. The smallest absolute Gasteiger partial charge is 0.130 e. The number of aliphatic hydroxyl groups is 1. The van der Waals surface area contributed by atoms with Gasteiger partial charge in [-0.2, -0.15) is 0 Å². The molecule has 0 saturated carbocycles. The standard InChI is InChI=1S/C16H15ClFNO/c17-11-6-7-12(14(18)9-11)16(20)13-5-1-3-10-4-2-8-19-15(10)13/h2,4,6-9,13,16,20H,1,3,5H2. The summed E-state index contributed by atoms with van der Waals surface area (Å²) in [6.07, 6.45) is 3.60. The Kier molecular flexibility index (Phi) is 3.72. The molecule has 0 saturated heterocycles. The fraction of sp³-hybridized carbons (Fsp3) is 0.312. The summed E-state index contributed by atoms with van der Waals surface area (Å²) in [4.78, 5) is 4.39. The maximum atomic E-state index is 14.0. The van der Waals surface area contributed by atoms with E-state index in [4.69, 9.17) is 11.6 Å². The Bertz CT molecular complexity index is 632. The van der Waals surface area contributed by atoms with Crippen molar-refractivity contribution < 1.29 is 9.50 Å². The molecular formula is C16H15ClFNO. The number of hydrogen-bond acceptors (Lipinski definition) is 2. The third-order valence-corrected chi connectivity index (χ3v) is 4.14. The second-order valence-electron chi connectivity index (χ2n) is 5.16. The topological polar surface area (TPSA) is 33.1 Å². The second kappa shape index (κ2) is 5.51. The number of hydrogen-bond donors (Lipinski definition) is 1. The van der Waals surface area contributed by atoms with Crippen LogP contribution in [0.3, 0.4) is 0 Å². The summed E-state index contributed by atoms with van der Waals surface area (Å²) in [7, 11) is 0. The summed E-state index contributed by atoms with van der Waals surface area (Å²) < 4.78 is 14.0. The SMILES string of the molecule is OC(c1ccc(Cl)cc1F)C1CCCc2cccnc21. The second-order valence-corrected chi connectivity index (χ2v) is 5.59. The zero-order chi connectivity index (χ0) is 14.1. The van der Waals surface area contributed by atoms with Crippen molar-refractivity contribution >= 4 is 11.6 Å². The highest BCUT2D eigenvalue weighted by Crippen LogP contribution is 2.40. The maximum Gasteiger partial charge on any atom is 0.130 e. The van der Waals surface area contributed by atoms with Gasteiger partial charge in [0.25, 0.3) is 0 Å². The lowest BCUT2D eigenvalue weighted by Crippen LogP contribution is -2.19. The van der Waals surface area contributed by atoms with Crippen molar-refractivity contribution in [1.29, 1.82) is 0 Å². The van der Waals surface area contributed by atoms with Crippen LogP contribution in [0, 0.1) is 5.82 Å². The summed E-state index contributed by atoms with van der Waals surface area (Å²) in [6, 6.07) is 8.32. The summed E-state index contributed by atoms with van der Waals surface area (Å²) in [5.41, 5.74) is 2.33.